The number of aromatic nitrogens is 4. The van der Waals surface area contributed by atoms with E-state index in [1.165, 1.54) is 11.3 Å². The van der Waals surface area contributed by atoms with Gasteiger partial charge in [-0.05, 0) is 16.7 Å². The number of thiophene rings is 1. The van der Waals surface area contributed by atoms with Crippen LogP contribution < -0.4 is 11.3 Å². The highest BCUT2D eigenvalue weighted by Crippen LogP contribution is 2.39. The molecule has 4 atom stereocenters. The van der Waals surface area contributed by atoms with Gasteiger partial charge in [0.1, 0.15) is 38.9 Å². The lowest BCUT2D eigenvalue weighted by atomic mass is 10.1. The molecule has 3 N–H and O–H groups in total. The Kier molecular flexibility index (Phi) is 8.18. The van der Waals surface area contributed by atoms with Crippen molar-refractivity contribution in [1.82, 2.24) is 19.5 Å². The van der Waals surface area contributed by atoms with Crippen molar-refractivity contribution in [3.05, 3.63) is 124 Å². The van der Waals surface area contributed by atoms with Crippen LogP contribution in [0.2, 0.25) is 0 Å². The van der Waals surface area contributed by atoms with Crippen LogP contribution in [0.25, 0.3) is 20.6 Å². The molecule has 11 heteroatoms. The lowest BCUT2D eigenvalue weighted by Gasteiger charge is -2.25. The molecule has 0 aliphatic carbocycles. The zero-order chi connectivity index (χ0) is 29.9. The van der Waals surface area contributed by atoms with Crippen LogP contribution in [-0.4, -0.2) is 44.4 Å². The van der Waals surface area contributed by atoms with E-state index < -0.39 is 24.5 Å². The highest BCUT2D eigenvalue weighted by atomic mass is 32.1. The number of hydrogen-bond donors (Lipinski definition) is 2. The molecule has 0 saturated carbocycles. The van der Waals surface area contributed by atoms with Gasteiger partial charge in [0.05, 0.1) is 32.8 Å². The summed E-state index contributed by atoms with van der Waals surface area (Å²) >= 11 is 1.26. The van der Waals surface area contributed by atoms with Crippen LogP contribution in [-0.2, 0) is 38.8 Å². The summed E-state index contributed by atoms with van der Waals surface area (Å²) in [5.74, 6) is 0.0374. The third-order valence-electron chi connectivity index (χ3n) is 7.60. The zero-order valence-corrected chi connectivity index (χ0v) is 24.6. The van der Waals surface area contributed by atoms with Gasteiger partial charge in [0, 0.05) is 0 Å². The van der Waals surface area contributed by atoms with Crippen LogP contribution in [0.1, 0.15) is 22.9 Å². The lowest BCUT2D eigenvalue weighted by Crippen LogP contribution is -2.38. The molecule has 1 fully saturated rings. The van der Waals surface area contributed by atoms with Crippen molar-refractivity contribution in [3.8, 4) is 0 Å². The third kappa shape index (κ3) is 5.88. The number of fused-ring (bicyclic) bond motifs is 3. The maximum Gasteiger partial charge on any atom is 0.270 e. The molecule has 7 rings (SSSR count). The number of benzene rings is 3. The summed E-state index contributed by atoms with van der Waals surface area (Å²) in [6, 6.07) is 30.0. The number of nitrogens with two attached hydrogens (primary N) is 1. The summed E-state index contributed by atoms with van der Waals surface area (Å²) in [5.41, 5.74) is 9.90. The van der Waals surface area contributed by atoms with Gasteiger partial charge >= 0.3 is 0 Å². The summed E-state index contributed by atoms with van der Waals surface area (Å²) in [6.07, 6.45) is -0.434. The predicted octanol–water partition coefficient (Wildman–Crippen LogP) is 5.20. The molecule has 1 aliphatic rings. The fourth-order valence-electron chi connectivity index (χ4n) is 5.51. The van der Waals surface area contributed by atoms with Gasteiger partial charge in [-0.15, -0.1) is 11.3 Å². The quantitative estimate of drug-likeness (QED) is 0.205. The van der Waals surface area contributed by atoms with E-state index in [9.17, 15) is 4.79 Å². The Hall–Kier alpha value is -4.39. The van der Waals surface area contributed by atoms with Crippen molar-refractivity contribution >= 4 is 37.8 Å². The number of ether oxygens (including phenoxy) is 4. The Morgan fingerprint density at radius 1 is 0.841 bits per heavy atom. The summed E-state index contributed by atoms with van der Waals surface area (Å²) < 4.78 is 28.5. The average molecular weight is 610 g/mol. The van der Waals surface area contributed by atoms with Gasteiger partial charge in [-0.2, -0.15) is 0 Å². The molecule has 0 radical (unpaired) electrons. The molecule has 224 valence electrons. The second kappa shape index (κ2) is 12.7. The van der Waals surface area contributed by atoms with Crippen LogP contribution in [0.4, 0.5) is 5.95 Å². The summed E-state index contributed by atoms with van der Waals surface area (Å²) in [6.45, 7) is 1.43. The van der Waals surface area contributed by atoms with Crippen LogP contribution >= 0.6 is 11.3 Å². The molecule has 0 spiro atoms. The molecular formula is C33H31N5O5S. The Labute approximate surface area is 257 Å². The first-order valence-corrected chi connectivity index (χ1v) is 15.2. The number of imidazole rings is 1. The fourth-order valence-corrected chi connectivity index (χ4v) is 6.49. The van der Waals surface area contributed by atoms with Gasteiger partial charge in [-0.3, -0.25) is 14.3 Å². The minimum atomic E-state index is -0.644. The molecule has 0 unspecified atom stereocenters. The smallest absolute Gasteiger partial charge is 0.270 e. The van der Waals surface area contributed by atoms with Gasteiger partial charge in [0.15, 0.2) is 6.23 Å². The van der Waals surface area contributed by atoms with Crippen molar-refractivity contribution in [3.63, 3.8) is 0 Å². The molecule has 0 bridgehead atoms. The normalized spacial score (nSPS) is 20.1. The number of aromatic amines is 1. The van der Waals surface area contributed by atoms with Crippen molar-refractivity contribution in [2.24, 2.45) is 0 Å². The Balaban J connectivity index is 1.25. The first-order valence-electron chi connectivity index (χ1n) is 14.4. The van der Waals surface area contributed by atoms with E-state index in [-0.39, 0.29) is 18.1 Å². The molecule has 4 heterocycles. The number of nitrogens with zero attached hydrogens (tertiary/aromatic N) is 3. The maximum absolute atomic E-state index is 12.7. The van der Waals surface area contributed by atoms with E-state index in [2.05, 4.69) is 15.0 Å². The van der Waals surface area contributed by atoms with Gasteiger partial charge in [-0.25, -0.2) is 9.97 Å². The van der Waals surface area contributed by atoms with Gasteiger partial charge in [0.25, 0.3) is 5.56 Å². The molecule has 0 amide bonds. The van der Waals surface area contributed by atoms with E-state index in [4.69, 9.17) is 24.7 Å². The summed E-state index contributed by atoms with van der Waals surface area (Å²) in [4.78, 5) is 25.0. The number of H-pyrrole nitrogens is 1. The van der Waals surface area contributed by atoms with E-state index in [0.29, 0.717) is 40.4 Å². The molecule has 44 heavy (non-hydrogen) atoms. The minimum absolute atomic E-state index is 0.0374. The van der Waals surface area contributed by atoms with Gasteiger partial charge in [-0.1, -0.05) is 91.0 Å². The number of anilines is 1. The average Bonchev–Trinajstić information content (AvgIpc) is 3.73. The van der Waals surface area contributed by atoms with Crippen LogP contribution in [0.5, 0.6) is 0 Å². The molecule has 1 aliphatic heterocycles. The second-order valence-electron chi connectivity index (χ2n) is 10.6. The number of hydrogen-bond acceptors (Lipinski definition) is 9. The number of nitrogen functional groups attached to an aromatic ring is 1. The molecule has 6 aromatic rings. The van der Waals surface area contributed by atoms with Crippen LogP contribution in [0.15, 0.2) is 102 Å². The maximum atomic E-state index is 12.7. The van der Waals surface area contributed by atoms with Crippen LogP contribution in [0, 0.1) is 0 Å². The van der Waals surface area contributed by atoms with E-state index in [1.54, 1.807) is 6.33 Å². The molecular weight excluding hydrogens is 578 g/mol. The monoisotopic (exact) mass is 609 g/mol. The van der Waals surface area contributed by atoms with Crippen molar-refractivity contribution in [2.45, 2.75) is 44.4 Å². The molecule has 10 nitrogen and oxygen atoms in total. The largest absolute Gasteiger partial charge is 0.374 e. The fraction of sp³-hybridized carbons (Fsp3) is 0.242. The standard InChI is InChI=1S/C33H31N5O5S/c34-33-36-25-26-31(44-29(25)30(39)37-33)35-20-38(26)32-28(42-18-23-14-8-3-9-15-23)27(41-17-22-12-6-2-7-13-22)24(43-32)19-40-16-21-10-4-1-5-11-21/h1-15,20,24,27-28,32H,16-19H2,(H3,34,36,37,39)/t24-,27-,28-,32-/m1/s1. The first-order chi connectivity index (χ1) is 21.6. The number of rotatable bonds is 11. The highest BCUT2D eigenvalue weighted by molar-refractivity contribution is 7.25. The van der Waals surface area contributed by atoms with Gasteiger partial charge in [0.2, 0.25) is 5.95 Å². The van der Waals surface area contributed by atoms with E-state index in [0.717, 1.165) is 16.7 Å². The Bertz CT molecular complexity index is 1890. The Morgan fingerprint density at radius 2 is 1.43 bits per heavy atom. The highest BCUT2D eigenvalue weighted by Gasteiger charge is 2.48. The molecule has 1 saturated heterocycles. The van der Waals surface area contributed by atoms with E-state index in [1.807, 2.05) is 95.6 Å². The predicted molar refractivity (Wildman–Crippen MR) is 168 cm³/mol. The topological polar surface area (TPSA) is 127 Å². The zero-order valence-electron chi connectivity index (χ0n) is 23.7. The molecule has 3 aromatic carbocycles. The summed E-state index contributed by atoms with van der Waals surface area (Å²) in [5, 5.41) is 0. The number of nitrogens with one attached hydrogen (secondary N) is 1. The minimum Gasteiger partial charge on any atom is -0.374 e. The van der Waals surface area contributed by atoms with Gasteiger partial charge < -0.3 is 24.7 Å². The SMILES string of the molecule is Nc1nc2c(sc3ncn([C@@H]4O[C@H](COCc5ccccc5)[C@@H](OCc5ccccc5)[C@H]4OCc4ccccc4)c32)c(=O)[nH]1. The van der Waals surface area contributed by atoms with E-state index >= 15 is 0 Å². The molecule has 3 aromatic heterocycles. The second-order valence-corrected chi connectivity index (χ2v) is 11.6. The first kappa shape index (κ1) is 28.4. The lowest BCUT2D eigenvalue weighted by molar-refractivity contribution is -0.0913. The van der Waals surface area contributed by atoms with Crippen molar-refractivity contribution in [1.29, 1.82) is 0 Å². The third-order valence-corrected chi connectivity index (χ3v) is 8.68. The van der Waals surface area contributed by atoms with Crippen molar-refractivity contribution < 1.29 is 18.9 Å². The van der Waals surface area contributed by atoms with Crippen LogP contribution in [0.3, 0.4) is 0 Å². The summed E-state index contributed by atoms with van der Waals surface area (Å²) in [7, 11) is 0. The van der Waals surface area contributed by atoms with Crippen molar-refractivity contribution in [2.75, 3.05) is 12.3 Å². The Morgan fingerprint density at radius 3 is 2.07 bits per heavy atom.